The molecule has 3 rings (SSSR count). The number of hydrogen-bond donors (Lipinski definition) is 0. The lowest BCUT2D eigenvalue weighted by Crippen LogP contribution is -2.40. The SMILES string of the molecule is CC(C)(C)OC(=O)N1CCc2c(cccc2-c2ccc(C(F)(F)F)cn2)C1. The zero-order valence-electron chi connectivity index (χ0n) is 15.4. The van der Waals surface area contributed by atoms with E-state index in [-0.39, 0.29) is 6.09 Å². The monoisotopic (exact) mass is 378 g/mol. The topological polar surface area (TPSA) is 42.4 Å². The minimum absolute atomic E-state index is 0.369. The molecule has 0 unspecified atom stereocenters. The Hall–Kier alpha value is -2.57. The van der Waals surface area contributed by atoms with Crippen molar-refractivity contribution in [3.8, 4) is 11.3 Å². The number of rotatable bonds is 1. The lowest BCUT2D eigenvalue weighted by atomic mass is 9.92. The molecule has 1 aromatic heterocycles. The van der Waals surface area contributed by atoms with Gasteiger partial charge in [-0.2, -0.15) is 13.2 Å². The summed E-state index contributed by atoms with van der Waals surface area (Å²) in [6.07, 6.45) is -3.33. The van der Waals surface area contributed by atoms with Crippen LogP contribution in [0, 0.1) is 0 Å². The van der Waals surface area contributed by atoms with Gasteiger partial charge in [-0.1, -0.05) is 18.2 Å². The maximum Gasteiger partial charge on any atom is 0.417 e. The lowest BCUT2D eigenvalue weighted by molar-refractivity contribution is -0.137. The predicted octanol–water partition coefficient (Wildman–Crippen LogP) is 5.06. The first-order chi connectivity index (χ1) is 12.5. The minimum atomic E-state index is -4.41. The third-order valence-electron chi connectivity index (χ3n) is 4.28. The fourth-order valence-corrected chi connectivity index (χ4v) is 3.05. The van der Waals surface area contributed by atoms with Gasteiger partial charge in [0, 0.05) is 24.8 Å². The van der Waals surface area contributed by atoms with Crippen LogP contribution in [0.5, 0.6) is 0 Å². The van der Waals surface area contributed by atoms with E-state index in [1.807, 2.05) is 39.0 Å². The molecular weight excluding hydrogens is 357 g/mol. The molecule has 144 valence electrons. The molecule has 7 heteroatoms. The second kappa shape index (κ2) is 6.87. The van der Waals surface area contributed by atoms with E-state index in [0.717, 1.165) is 29.0 Å². The number of ether oxygens (including phenoxy) is 1. The number of alkyl halides is 3. The van der Waals surface area contributed by atoms with E-state index in [1.54, 1.807) is 4.90 Å². The molecule has 0 bridgehead atoms. The van der Waals surface area contributed by atoms with E-state index >= 15 is 0 Å². The van der Waals surface area contributed by atoms with Gasteiger partial charge in [-0.05, 0) is 50.5 Å². The third kappa shape index (κ3) is 4.40. The van der Waals surface area contributed by atoms with Crippen LogP contribution in [0.15, 0.2) is 36.5 Å². The van der Waals surface area contributed by atoms with Crippen LogP contribution < -0.4 is 0 Å². The first-order valence-electron chi connectivity index (χ1n) is 8.67. The Kier molecular flexibility index (Phi) is 4.88. The summed E-state index contributed by atoms with van der Waals surface area (Å²) in [4.78, 5) is 17.9. The van der Waals surface area contributed by atoms with Gasteiger partial charge in [-0.25, -0.2) is 4.79 Å². The van der Waals surface area contributed by atoms with Gasteiger partial charge in [0.25, 0.3) is 0 Å². The van der Waals surface area contributed by atoms with Crippen LogP contribution in [0.3, 0.4) is 0 Å². The first kappa shape index (κ1) is 19.2. The van der Waals surface area contributed by atoms with Gasteiger partial charge in [-0.15, -0.1) is 0 Å². The molecule has 0 fully saturated rings. The third-order valence-corrected chi connectivity index (χ3v) is 4.28. The number of fused-ring (bicyclic) bond motifs is 1. The average molecular weight is 378 g/mol. The van der Waals surface area contributed by atoms with E-state index in [9.17, 15) is 18.0 Å². The van der Waals surface area contributed by atoms with E-state index in [1.165, 1.54) is 6.07 Å². The highest BCUT2D eigenvalue weighted by Crippen LogP contribution is 2.32. The highest BCUT2D eigenvalue weighted by molar-refractivity contribution is 5.71. The molecule has 2 aromatic rings. The van der Waals surface area contributed by atoms with E-state index in [0.29, 0.717) is 25.2 Å². The van der Waals surface area contributed by atoms with E-state index in [4.69, 9.17) is 4.74 Å². The van der Waals surface area contributed by atoms with Crippen LogP contribution in [-0.4, -0.2) is 28.1 Å². The Bertz CT molecular complexity index is 840. The normalized spacial score (nSPS) is 14.7. The highest BCUT2D eigenvalue weighted by Gasteiger charge is 2.31. The number of pyridine rings is 1. The van der Waals surface area contributed by atoms with Gasteiger partial charge in [0.2, 0.25) is 0 Å². The molecule has 0 N–H and O–H groups in total. The Morgan fingerprint density at radius 1 is 1.15 bits per heavy atom. The molecule has 1 amide bonds. The number of nitrogens with zero attached hydrogens (tertiary/aromatic N) is 2. The molecular formula is C20H21F3N2O2. The molecule has 0 saturated heterocycles. The number of hydrogen-bond acceptors (Lipinski definition) is 3. The standard InChI is InChI=1S/C20H21F3N2O2/c1-19(2,3)27-18(26)25-10-9-15-13(12-25)5-4-6-16(15)17-8-7-14(11-24-17)20(21,22)23/h4-8,11H,9-10,12H2,1-3H3. The summed E-state index contributed by atoms with van der Waals surface area (Å²) < 4.78 is 43.6. The van der Waals surface area contributed by atoms with Gasteiger partial charge < -0.3 is 9.64 Å². The summed E-state index contributed by atoms with van der Waals surface area (Å²) >= 11 is 0. The summed E-state index contributed by atoms with van der Waals surface area (Å²) in [5.74, 6) is 0. The van der Waals surface area contributed by atoms with Crippen molar-refractivity contribution in [2.75, 3.05) is 6.54 Å². The Labute approximate surface area is 156 Å². The van der Waals surface area contributed by atoms with Crippen molar-refractivity contribution in [3.63, 3.8) is 0 Å². The molecule has 27 heavy (non-hydrogen) atoms. The average Bonchev–Trinajstić information content (AvgIpc) is 2.58. The fraction of sp³-hybridized carbons (Fsp3) is 0.400. The highest BCUT2D eigenvalue weighted by atomic mass is 19.4. The predicted molar refractivity (Wildman–Crippen MR) is 95.0 cm³/mol. The van der Waals surface area contributed by atoms with Crippen LogP contribution in [0.4, 0.5) is 18.0 Å². The number of amides is 1. The number of carbonyl (C=O) groups is 1. The van der Waals surface area contributed by atoms with Gasteiger partial charge in [0.15, 0.2) is 0 Å². The van der Waals surface area contributed by atoms with Crippen molar-refractivity contribution in [2.45, 2.75) is 45.5 Å². The minimum Gasteiger partial charge on any atom is -0.444 e. The molecule has 4 nitrogen and oxygen atoms in total. The number of halogens is 3. The van der Waals surface area contributed by atoms with Crippen molar-refractivity contribution in [3.05, 3.63) is 53.2 Å². The fourth-order valence-electron chi connectivity index (χ4n) is 3.05. The van der Waals surface area contributed by atoms with Crippen molar-refractivity contribution < 1.29 is 22.7 Å². The van der Waals surface area contributed by atoms with Crippen LogP contribution in [-0.2, 0) is 23.9 Å². The van der Waals surface area contributed by atoms with E-state index in [2.05, 4.69) is 4.98 Å². The zero-order chi connectivity index (χ0) is 19.8. The maximum atomic E-state index is 12.7. The molecule has 0 spiro atoms. The molecule has 1 aliphatic rings. The second-order valence-corrected chi connectivity index (χ2v) is 7.53. The summed E-state index contributed by atoms with van der Waals surface area (Å²) in [6.45, 7) is 6.34. The molecule has 2 heterocycles. The van der Waals surface area contributed by atoms with Gasteiger partial charge in [0.1, 0.15) is 5.60 Å². The van der Waals surface area contributed by atoms with Crippen molar-refractivity contribution in [1.82, 2.24) is 9.88 Å². The van der Waals surface area contributed by atoms with Crippen molar-refractivity contribution in [1.29, 1.82) is 0 Å². The molecule has 0 atom stereocenters. The Balaban J connectivity index is 1.84. The smallest absolute Gasteiger partial charge is 0.417 e. The molecule has 0 aliphatic carbocycles. The molecule has 1 aliphatic heterocycles. The molecule has 1 aromatic carbocycles. The molecule has 0 radical (unpaired) electrons. The van der Waals surface area contributed by atoms with Crippen molar-refractivity contribution >= 4 is 6.09 Å². The largest absolute Gasteiger partial charge is 0.444 e. The van der Waals surface area contributed by atoms with Crippen LogP contribution in [0.1, 0.15) is 37.5 Å². The quantitative estimate of drug-likeness (QED) is 0.697. The van der Waals surface area contributed by atoms with Crippen molar-refractivity contribution in [2.24, 2.45) is 0 Å². The summed E-state index contributed by atoms with van der Waals surface area (Å²) in [6, 6.07) is 8.01. The number of carbonyl (C=O) groups excluding carboxylic acids is 1. The van der Waals surface area contributed by atoms with Gasteiger partial charge >= 0.3 is 12.3 Å². The maximum absolute atomic E-state index is 12.7. The Morgan fingerprint density at radius 3 is 2.48 bits per heavy atom. The second-order valence-electron chi connectivity index (χ2n) is 7.53. The van der Waals surface area contributed by atoms with Crippen LogP contribution >= 0.6 is 0 Å². The first-order valence-corrected chi connectivity index (χ1v) is 8.67. The number of aromatic nitrogens is 1. The van der Waals surface area contributed by atoms with Gasteiger partial charge in [-0.3, -0.25) is 4.98 Å². The molecule has 0 saturated carbocycles. The Morgan fingerprint density at radius 2 is 1.89 bits per heavy atom. The van der Waals surface area contributed by atoms with Crippen LogP contribution in [0.2, 0.25) is 0 Å². The zero-order valence-corrected chi connectivity index (χ0v) is 15.4. The summed E-state index contributed by atoms with van der Waals surface area (Å²) in [7, 11) is 0. The van der Waals surface area contributed by atoms with Gasteiger partial charge in [0.05, 0.1) is 11.3 Å². The summed E-state index contributed by atoms with van der Waals surface area (Å²) in [5, 5.41) is 0. The lowest BCUT2D eigenvalue weighted by Gasteiger charge is -2.32. The van der Waals surface area contributed by atoms with Crippen LogP contribution in [0.25, 0.3) is 11.3 Å². The number of benzene rings is 1. The van der Waals surface area contributed by atoms with E-state index < -0.39 is 17.3 Å². The summed E-state index contributed by atoms with van der Waals surface area (Å²) in [5.41, 5.74) is 1.90.